The van der Waals surface area contributed by atoms with Crippen LogP contribution in [0.2, 0.25) is 0 Å². The summed E-state index contributed by atoms with van der Waals surface area (Å²) < 4.78 is 0. The van der Waals surface area contributed by atoms with E-state index in [2.05, 4.69) is 36.9 Å². The summed E-state index contributed by atoms with van der Waals surface area (Å²) in [5, 5.41) is 2.52. The van der Waals surface area contributed by atoms with Gasteiger partial charge in [-0.05, 0) is 34.9 Å². The van der Waals surface area contributed by atoms with Gasteiger partial charge in [0.15, 0.2) is 0 Å². The molecule has 0 aliphatic carbocycles. The third-order valence-corrected chi connectivity index (χ3v) is 2.13. The van der Waals surface area contributed by atoms with Crippen LogP contribution in [-0.2, 0) is 6.42 Å². The number of benzene rings is 2. The van der Waals surface area contributed by atoms with Crippen molar-refractivity contribution in [2.45, 2.75) is 6.42 Å². The molecule has 0 unspecified atom stereocenters. The highest BCUT2D eigenvalue weighted by molar-refractivity contribution is 5.82. The molecule has 63 valence electrons. The predicted octanol–water partition coefficient (Wildman–Crippen LogP) is 3.37. The summed E-state index contributed by atoms with van der Waals surface area (Å²) in [6.45, 7) is 3.73. The molecular formula is C13H11. The highest BCUT2D eigenvalue weighted by Crippen LogP contribution is 2.15. The van der Waals surface area contributed by atoms with Crippen LogP contribution in [0.5, 0.6) is 0 Å². The Hall–Kier alpha value is -1.56. The van der Waals surface area contributed by atoms with Gasteiger partial charge in [-0.1, -0.05) is 36.4 Å². The molecule has 0 atom stereocenters. The van der Waals surface area contributed by atoms with Gasteiger partial charge in [0.05, 0.1) is 0 Å². The second-order valence-corrected chi connectivity index (χ2v) is 3.10. The third-order valence-electron chi connectivity index (χ3n) is 2.13. The highest BCUT2D eigenvalue weighted by atomic mass is 14.0. The molecule has 0 spiro atoms. The van der Waals surface area contributed by atoms with Gasteiger partial charge in [0.2, 0.25) is 0 Å². The van der Waals surface area contributed by atoms with E-state index in [4.69, 9.17) is 0 Å². The van der Waals surface area contributed by atoms with Crippen molar-refractivity contribution < 1.29 is 0 Å². The fourth-order valence-corrected chi connectivity index (χ4v) is 1.47. The van der Waals surface area contributed by atoms with E-state index in [1.54, 1.807) is 0 Å². The smallest absolute Gasteiger partial charge is 0.00999 e. The fraction of sp³-hybridized carbons (Fsp3) is 0.0769. The van der Waals surface area contributed by atoms with Gasteiger partial charge in [0, 0.05) is 0 Å². The molecule has 0 aliphatic heterocycles. The van der Waals surface area contributed by atoms with Crippen molar-refractivity contribution in [3.05, 3.63) is 60.7 Å². The molecular weight excluding hydrogens is 156 g/mol. The van der Waals surface area contributed by atoms with Crippen LogP contribution in [0.1, 0.15) is 5.56 Å². The molecule has 0 bridgehead atoms. The van der Waals surface area contributed by atoms with Crippen LogP contribution >= 0.6 is 0 Å². The maximum atomic E-state index is 3.73. The number of fused-ring (bicyclic) bond motifs is 1. The van der Waals surface area contributed by atoms with Gasteiger partial charge >= 0.3 is 0 Å². The molecule has 0 saturated heterocycles. The van der Waals surface area contributed by atoms with Crippen molar-refractivity contribution in [2.24, 2.45) is 0 Å². The summed E-state index contributed by atoms with van der Waals surface area (Å²) in [4.78, 5) is 0. The van der Waals surface area contributed by atoms with E-state index in [1.165, 1.54) is 16.3 Å². The van der Waals surface area contributed by atoms with Crippen molar-refractivity contribution in [1.29, 1.82) is 0 Å². The first-order chi connectivity index (χ1) is 6.40. The van der Waals surface area contributed by atoms with E-state index in [1.807, 2.05) is 18.2 Å². The van der Waals surface area contributed by atoms with Gasteiger partial charge in [0.25, 0.3) is 0 Å². The lowest BCUT2D eigenvalue weighted by Gasteiger charge is -1.99. The van der Waals surface area contributed by atoms with Gasteiger partial charge in [-0.2, -0.15) is 0 Å². The minimum atomic E-state index is 0.939. The summed E-state index contributed by atoms with van der Waals surface area (Å²) in [7, 11) is 0. The monoisotopic (exact) mass is 167 g/mol. The lowest BCUT2D eigenvalue weighted by molar-refractivity contribution is 1.29. The van der Waals surface area contributed by atoms with Crippen LogP contribution in [0, 0.1) is 6.07 Å². The average molecular weight is 167 g/mol. The Morgan fingerprint density at radius 3 is 3.00 bits per heavy atom. The minimum absolute atomic E-state index is 0.939. The number of hydrogen-bond acceptors (Lipinski definition) is 0. The minimum Gasteiger partial charge on any atom is -0.103 e. The zero-order valence-corrected chi connectivity index (χ0v) is 7.46. The summed E-state index contributed by atoms with van der Waals surface area (Å²) in [5.74, 6) is 0. The van der Waals surface area contributed by atoms with E-state index in [0.29, 0.717) is 0 Å². The van der Waals surface area contributed by atoms with Crippen molar-refractivity contribution in [3.63, 3.8) is 0 Å². The highest BCUT2D eigenvalue weighted by Gasteiger charge is 1.93. The molecule has 0 heterocycles. The molecule has 0 saturated carbocycles. The van der Waals surface area contributed by atoms with Crippen molar-refractivity contribution in [3.8, 4) is 0 Å². The summed E-state index contributed by atoms with van der Waals surface area (Å²) in [6, 6.07) is 15.6. The second kappa shape index (κ2) is 3.44. The van der Waals surface area contributed by atoms with Gasteiger partial charge in [-0.3, -0.25) is 0 Å². The van der Waals surface area contributed by atoms with Crippen LogP contribution in [0.3, 0.4) is 0 Å². The van der Waals surface area contributed by atoms with E-state index >= 15 is 0 Å². The molecule has 2 aromatic rings. The molecule has 2 rings (SSSR count). The Bertz CT molecular complexity index is 427. The van der Waals surface area contributed by atoms with Crippen LogP contribution in [0.4, 0.5) is 0 Å². The first-order valence-corrected chi connectivity index (χ1v) is 4.40. The molecule has 0 nitrogen and oxygen atoms in total. The first kappa shape index (κ1) is 8.06. The molecule has 0 aromatic heterocycles. The second-order valence-electron chi connectivity index (χ2n) is 3.10. The van der Waals surface area contributed by atoms with Crippen LogP contribution in [0.25, 0.3) is 10.8 Å². The average Bonchev–Trinajstić information content (AvgIpc) is 2.18. The molecule has 1 radical (unpaired) electrons. The van der Waals surface area contributed by atoms with Gasteiger partial charge in [0.1, 0.15) is 0 Å². The Morgan fingerprint density at radius 1 is 1.23 bits per heavy atom. The molecule has 0 aliphatic rings. The largest absolute Gasteiger partial charge is 0.103 e. The maximum absolute atomic E-state index is 3.73. The SMILES string of the molecule is C=CCc1ccc2c[c]ccc2c1. The molecule has 2 aromatic carbocycles. The molecule has 0 amide bonds. The summed E-state index contributed by atoms with van der Waals surface area (Å²) >= 11 is 0. The lowest BCUT2D eigenvalue weighted by atomic mass is 10.1. The fourth-order valence-electron chi connectivity index (χ4n) is 1.47. The van der Waals surface area contributed by atoms with Crippen LogP contribution in [0.15, 0.2) is 49.1 Å². The van der Waals surface area contributed by atoms with E-state index < -0.39 is 0 Å². The molecule has 0 fully saturated rings. The maximum Gasteiger partial charge on any atom is -0.00999 e. The first-order valence-electron chi connectivity index (χ1n) is 4.40. The van der Waals surface area contributed by atoms with Crippen LogP contribution in [-0.4, -0.2) is 0 Å². The molecule has 0 heteroatoms. The summed E-state index contributed by atoms with van der Waals surface area (Å²) in [6.07, 6.45) is 2.87. The standard InChI is InChI=1S/C13H11/c1-2-5-11-8-9-12-6-3-4-7-13(12)10-11/h2,4,6-10H,1,5H2. The van der Waals surface area contributed by atoms with E-state index in [0.717, 1.165) is 6.42 Å². The van der Waals surface area contributed by atoms with Crippen molar-refractivity contribution in [1.82, 2.24) is 0 Å². The molecule has 13 heavy (non-hydrogen) atoms. The van der Waals surface area contributed by atoms with E-state index in [9.17, 15) is 0 Å². The zero-order chi connectivity index (χ0) is 9.10. The van der Waals surface area contributed by atoms with Crippen molar-refractivity contribution >= 4 is 10.8 Å². The van der Waals surface area contributed by atoms with Gasteiger partial charge < -0.3 is 0 Å². The Balaban J connectivity index is 2.55. The lowest BCUT2D eigenvalue weighted by Crippen LogP contribution is -1.80. The Labute approximate surface area is 78.5 Å². The van der Waals surface area contributed by atoms with Crippen LogP contribution < -0.4 is 0 Å². The zero-order valence-electron chi connectivity index (χ0n) is 7.46. The summed E-state index contributed by atoms with van der Waals surface area (Å²) in [5.41, 5.74) is 1.31. The number of rotatable bonds is 2. The quantitative estimate of drug-likeness (QED) is 0.601. The molecule has 0 N–H and O–H groups in total. The Morgan fingerprint density at radius 2 is 2.15 bits per heavy atom. The number of allylic oxidation sites excluding steroid dienone is 1. The van der Waals surface area contributed by atoms with Gasteiger partial charge in [-0.15, -0.1) is 6.58 Å². The van der Waals surface area contributed by atoms with E-state index in [-0.39, 0.29) is 0 Å². The number of hydrogen-bond donors (Lipinski definition) is 0. The predicted molar refractivity (Wildman–Crippen MR) is 56.7 cm³/mol. The topological polar surface area (TPSA) is 0 Å². The Kier molecular flexibility index (Phi) is 2.13. The van der Waals surface area contributed by atoms with Gasteiger partial charge in [-0.25, -0.2) is 0 Å². The normalized spacial score (nSPS) is 10.2. The van der Waals surface area contributed by atoms with Crippen molar-refractivity contribution in [2.75, 3.05) is 0 Å². The third kappa shape index (κ3) is 1.62.